The molecule has 0 saturated carbocycles. The average molecular weight is 268 g/mol. The monoisotopic (exact) mass is 268 g/mol. The van der Waals surface area contributed by atoms with Gasteiger partial charge in [-0.15, -0.1) is 0 Å². The van der Waals surface area contributed by atoms with Crippen LogP contribution in [0.3, 0.4) is 0 Å². The van der Waals surface area contributed by atoms with Crippen LogP contribution in [0.25, 0.3) is 0 Å². The van der Waals surface area contributed by atoms with E-state index < -0.39 is 0 Å². The van der Waals surface area contributed by atoms with Gasteiger partial charge in [0.25, 0.3) is 0 Å². The number of ether oxygens (including phenoxy) is 2. The lowest BCUT2D eigenvalue weighted by Crippen LogP contribution is -2.42. The Balaban J connectivity index is 1.54. The fraction of sp³-hybridized carbons (Fsp3) is 0.929. The molecule has 3 fully saturated rings. The van der Waals surface area contributed by atoms with Crippen LogP contribution in [-0.2, 0) is 14.3 Å². The highest BCUT2D eigenvalue weighted by Gasteiger charge is 2.42. The summed E-state index contributed by atoms with van der Waals surface area (Å²) in [5.74, 6) is 0.0590. The number of hydrogen-bond acceptors (Lipinski definition) is 4. The molecule has 3 heterocycles. The summed E-state index contributed by atoms with van der Waals surface area (Å²) in [5, 5.41) is 6.29. The van der Waals surface area contributed by atoms with Crippen LogP contribution < -0.4 is 10.6 Å². The zero-order chi connectivity index (χ0) is 13.1. The van der Waals surface area contributed by atoms with Gasteiger partial charge in [-0.2, -0.15) is 0 Å². The summed E-state index contributed by atoms with van der Waals surface area (Å²) in [6.45, 7) is 3.48. The molecule has 0 aromatic carbocycles. The molecule has 19 heavy (non-hydrogen) atoms. The van der Waals surface area contributed by atoms with Gasteiger partial charge in [-0.05, 0) is 45.2 Å². The van der Waals surface area contributed by atoms with Gasteiger partial charge < -0.3 is 20.1 Å². The molecule has 0 aliphatic carbocycles. The van der Waals surface area contributed by atoms with Crippen LogP contribution in [0.4, 0.5) is 0 Å². The summed E-state index contributed by atoms with van der Waals surface area (Å²) in [4.78, 5) is 11.9. The van der Waals surface area contributed by atoms with E-state index in [4.69, 9.17) is 9.47 Å². The maximum absolute atomic E-state index is 11.9. The minimum atomic E-state index is -0.270. The predicted molar refractivity (Wildman–Crippen MR) is 70.9 cm³/mol. The molecule has 2 unspecified atom stereocenters. The van der Waals surface area contributed by atoms with Gasteiger partial charge in [-0.3, -0.25) is 4.79 Å². The van der Waals surface area contributed by atoms with Crippen LogP contribution in [0.1, 0.15) is 38.5 Å². The van der Waals surface area contributed by atoms with E-state index in [0.29, 0.717) is 6.61 Å². The Kier molecular flexibility index (Phi) is 4.05. The second-order valence-corrected chi connectivity index (χ2v) is 5.98. The molecular weight excluding hydrogens is 244 g/mol. The lowest BCUT2D eigenvalue weighted by molar-refractivity contribution is -0.136. The van der Waals surface area contributed by atoms with Gasteiger partial charge in [0.2, 0.25) is 5.91 Å². The SMILES string of the molecule is O=C1NCCCCC1OC1COC2(CCNCC2)C1. The van der Waals surface area contributed by atoms with Gasteiger partial charge in [-0.1, -0.05) is 0 Å². The average Bonchev–Trinajstić information content (AvgIpc) is 2.68. The standard InChI is InChI=1S/C14H24N2O3/c17-13-12(3-1-2-6-16-13)19-11-9-14(18-10-11)4-7-15-8-5-14/h11-12,15H,1-10H2,(H,16,17). The molecule has 108 valence electrons. The molecule has 0 radical (unpaired) electrons. The minimum Gasteiger partial charge on any atom is -0.372 e. The second kappa shape index (κ2) is 5.77. The van der Waals surface area contributed by atoms with Crippen molar-refractivity contribution in [2.75, 3.05) is 26.2 Å². The van der Waals surface area contributed by atoms with Gasteiger partial charge in [-0.25, -0.2) is 0 Å². The van der Waals surface area contributed by atoms with Crippen molar-refractivity contribution in [2.24, 2.45) is 0 Å². The molecule has 3 aliphatic rings. The third-order valence-electron chi connectivity index (χ3n) is 4.53. The van der Waals surface area contributed by atoms with E-state index in [1.165, 1.54) is 0 Å². The van der Waals surface area contributed by atoms with Crippen LogP contribution in [-0.4, -0.2) is 50.0 Å². The normalized spacial score (nSPS) is 35.1. The first kappa shape index (κ1) is 13.3. The highest BCUT2D eigenvalue weighted by Crippen LogP contribution is 2.35. The molecule has 1 spiro atoms. The highest BCUT2D eigenvalue weighted by molar-refractivity contribution is 5.80. The summed E-state index contributed by atoms with van der Waals surface area (Å²) < 4.78 is 12.0. The first-order chi connectivity index (χ1) is 9.27. The van der Waals surface area contributed by atoms with Gasteiger partial charge >= 0.3 is 0 Å². The van der Waals surface area contributed by atoms with Crippen LogP contribution in [0, 0.1) is 0 Å². The van der Waals surface area contributed by atoms with E-state index >= 15 is 0 Å². The smallest absolute Gasteiger partial charge is 0.249 e. The number of carbonyl (C=O) groups excluding carboxylic acids is 1. The van der Waals surface area contributed by atoms with E-state index in [0.717, 1.165) is 58.2 Å². The van der Waals surface area contributed by atoms with Crippen LogP contribution in [0.5, 0.6) is 0 Å². The molecule has 2 N–H and O–H groups in total. The van der Waals surface area contributed by atoms with E-state index in [1.807, 2.05) is 0 Å². The Morgan fingerprint density at radius 3 is 2.89 bits per heavy atom. The number of piperidine rings is 1. The van der Waals surface area contributed by atoms with Crippen molar-refractivity contribution in [3.05, 3.63) is 0 Å². The zero-order valence-electron chi connectivity index (χ0n) is 11.5. The molecule has 2 atom stereocenters. The van der Waals surface area contributed by atoms with Crippen molar-refractivity contribution in [1.82, 2.24) is 10.6 Å². The Morgan fingerprint density at radius 1 is 1.21 bits per heavy atom. The van der Waals surface area contributed by atoms with Gasteiger partial charge in [0, 0.05) is 13.0 Å². The second-order valence-electron chi connectivity index (χ2n) is 5.98. The van der Waals surface area contributed by atoms with Crippen molar-refractivity contribution in [3.8, 4) is 0 Å². The van der Waals surface area contributed by atoms with Crippen molar-refractivity contribution < 1.29 is 14.3 Å². The fourth-order valence-electron chi connectivity index (χ4n) is 3.39. The Bertz CT molecular complexity index is 329. The van der Waals surface area contributed by atoms with Crippen molar-refractivity contribution >= 4 is 5.91 Å². The molecule has 0 bridgehead atoms. The molecule has 3 saturated heterocycles. The van der Waals surface area contributed by atoms with Crippen molar-refractivity contribution in [1.29, 1.82) is 0 Å². The van der Waals surface area contributed by atoms with Crippen molar-refractivity contribution in [3.63, 3.8) is 0 Å². The highest BCUT2D eigenvalue weighted by atomic mass is 16.6. The largest absolute Gasteiger partial charge is 0.372 e. The van der Waals surface area contributed by atoms with Crippen molar-refractivity contribution in [2.45, 2.75) is 56.3 Å². The summed E-state index contributed by atoms with van der Waals surface area (Å²) in [5.41, 5.74) is 0.0110. The number of nitrogens with one attached hydrogen (secondary N) is 2. The molecule has 3 rings (SSSR count). The maximum atomic E-state index is 11.9. The van der Waals surface area contributed by atoms with Gasteiger partial charge in [0.1, 0.15) is 6.10 Å². The minimum absolute atomic E-state index is 0.0110. The van der Waals surface area contributed by atoms with Crippen LogP contribution in [0.2, 0.25) is 0 Å². The van der Waals surface area contributed by atoms with Gasteiger partial charge in [0.05, 0.1) is 18.3 Å². The summed E-state index contributed by atoms with van der Waals surface area (Å²) in [6.07, 6.45) is 5.84. The van der Waals surface area contributed by atoms with E-state index in [2.05, 4.69) is 10.6 Å². The summed E-state index contributed by atoms with van der Waals surface area (Å²) >= 11 is 0. The lowest BCUT2D eigenvalue weighted by atomic mass is 9.89. The number of rotatable bonds is 2. The molecular formula is C14H24N2O3. The molecule has 1 amide bonds. The topological polar surface area (TPSA) is 59.6 Å². The molecule has 5 nitrogen and oxygen atoms in total. The molecule has 3 aliphatic heterocycles. The Hall–Kier alpha value is -0.650. The third kappa shape index (κ3) is 3.09. The van der Waals surface area contributed by atoms with E-state index in [-0.39, 0.29) is 23.7 Å². The van der Waals surface area contributed by atoms with Crippen LogP contribution >= 0.6 is 0 Å². The first-order valence-corrected chi connectivity index (χ1v) is 7.55. The summed E-state index contributed by atoms with van der Waals surface area (Å²) in [7, 11) is 0. The summed E-state index contributed by atoms with van der Waals surface area (Å²) in [6, 6.07) is 0. The first-order valence-electron chi connectivity index (χ1n) is 7.55. The Morgan fingerprint density at radius 2 is 2.05 bits per heavy atom. The van der Waals surface area contributed by atoms with E-state index in [1.54, 1.807) is 0 Å². The number of amides is 1. The van der Waals surface area contributed by atoms with Crippen LogP contribution in [0.15, 0.2) is 0 Å². The fourth-order valence-corrected chi connectivity index (χ4v) is 3.39. The number of hydrogen-bond donors (Lipinski definition) is 2. The quantitative estimate of drug-likeness (QED) is 0.769. The number of carbonyl (C=O) groups is 1. The maximum Gasteiger partial charge on any atom is 0.249 e. The third-order valence-corrected chi connectivity index (χ3v) is 4.53. The van der Waals surface area contributed by atoms with E-state index in [9.17, 15) is 4.79 Å². The van der Waals surface area contributed by atoms with Gasteiger partial charge in [0.15, 0.2) is 0 Å². The Labute approximate surface area is 114 Å². The molecule has 0 aromatic rings. The zero-order valence-corrected chi connectivity index (χ0v) is 11.5. The molecule has 5 heteroatoms. The predicted octanol–water partition coefficient (Wildman–Crippen LogP) is 0.583. The lowest BCUT2D eigenvalue weighted by Gasteiger charge is -2.32. The molecule has 0 aromatic heterocycles.